The fourth-order valence-corrected chi connectivity index (χ4v) is 5.57. The highest BCUT2D eigenvalue weighted by molar-refractivity contribution is 7.80. The molecule has 9 heteroatoms. The normalized spacial score (nSPS) is 15.3. The topological polar surface area (TPSA) is 71.1 Å². The van der Waals surface area contributed by atoms with Crippen molar-refractivity contribution in [2.75, 3.05) is 30.0 Å². The van der Waals surface area contributed by atoms with E-state index in [9.17, 15) is 9.59 Å². The summed E-state index contributed by atoms with van der Waals surface area (Å²) in [5, 5.41) is 5.37. The number of hydrogen-bond donors (Lipinski definition) is 1. The fourth-order valence-electron chi connectivity index (χ4n) is 4.25. The second-order valence-corrected chi connectivity index (χ2v) is 9.94. The number of nitrogens with one attached hydrogen (secondary N) is 1. The van der Waals surface area contributed by atoms with Crippen molar-refractivity contribution in [1.29, 1.82) is 0 Å². The number of carbonyl (C=O) groups is 2. The number of thiocarbonyl (C=S) groups is 1. The minimum Gasteiger partial charge on any atom is -0.494 e. The average molecular weight is 538 g/mol. The first kappa shape index (κ1) is 26.6. The van der Waals surface area contributed by atoms with Crippen molar-refractivity contribution in [1.82, 2.24) is 4.90 Å². The molecule has 1 atom stereocenters. The summed E-state index contributed by atoms with van der Waals surface area (Å²) in [6.45, 7) is 7.58. The predicted molar refractivity (Wildman–Crippen MR) is 152 cm³/mol. The third-order valence-electron chi connectivity index (χ3n) is 6.10. The Kier molecular flexibility index (Phi) is 8.78. The van der Waals surface area contributed by atoms with Crippen LogP contribution >= 0.6 is 23.6 Å². The molecule has 37 heavy (non-hydrogen) atoms. The van der Waals surface area contributed by atoms with E-state index in [2.05, 4.69) is 23.7 Å². The molecule has 1 fully saturated rings. The lowest BCUT2D eigenvalue weighted by Gasteiger charge is -2.24. The molecule has 0 spiro atoms. The van der Waals surface area contributed by atoms with E-state index in [1.165, 1.54) is 15.3 Å². The summed E-state index contributed by atoms with van der Waals surface area (Å²) >= 11 is 7.48. The van der Waals surface area contributed by atoms with Crippen molar-refractivity contribution in [2.45, 2.75) is 39.7 Å². The molecule has 7 nitrogen and oxygen atoms in total. The van der Waals surface area contributed by atoms with Crippen molar-refractivity contribution >= 4 is 51.9 Å². The Bertz CT molecular complexity index is 1240. The lowest BCUT2D eigenvalue weighted by Crippen LogP contribution is -2.39. The highest BCUT2D eigenvalue weighted by Gasteiger charge is 2.44. The molecule has 0 aliphatic carbocycles. The standard InChI is InChI=1S/C28H31N3O4S2/c1-4-34-22-10-6-20(7-11-22)29-26(32)18-24-27(33)31(21-8-12-23(13-9-21)35-5-2)28(36)30(24)16-14-25-19(3)15-17-37-25/h6-13,15,17,24H,4-5,14,16,18H2,1-3H3,(H,29,32)/t24-/m1/s1. The molecule has 1 aromatic heterocycles. The zero-order valence-corrected chi connectivity index (χ0v) is 22.9. The maximum absolute atomic E-state index is 13.6. The molecule has 1 aliphatic heterocycles. The first-order valence-electron chi connectivity index (χ1n) is 12.3. The van der Waals surface area contributed by atoms with Crippen molar-refractivity contribution in [3.8, 4) is 11.5 Å². The molecule has 1 aliphatic rings. The minimum absolute atomic E-state index is 0.0108. The van der Waals surface area contributed by atoms with Crippen molar-refractivity contribution in [3.05, 3.63) is 70.4 Å². The van der Waals surface area contributed by atoms with Gasteiger partial charge < -0.3 is 19.7 Å². The summed E-state index contributed by atoms with van der Waals surface area (Å²) < 4.78 is 11.0. The predicted octanol–water partition coefficient (Wildman–Crippen LogP) is 5.43. The monoisotopic (exact) mass is 537 g/mol. The number of thiophene rings is 1. The van der Waals surface area contributed by atoms with E-state index in [1.807, 2.05) is 43.0 Å². The summed E-state index contributed by atoms with van der Waals surface area (Å²) in [5.74, 6) is 0.994. The Balaban J connectivity index is 1.52. The maximum Gasteiger partial charge on any atom is 0.256 e. The summed E-state index contributed by atoms with van der Waals surface area (Å²) in [6.07, 6.45) is 0.730. The van der Waals surface area contributed by atoms with Gasteiger partial charge in [0.2, 0.25) is 5.91 Å². The lowest BCUT2D eigenvalue weighted by atomic mass is 10.1. The van der Waals surface area contributed by atoms with E-state index in [-0.39, 0.29) is 18.2 Å². The summed E-state index contributed by atoms with van der Waals surface area (Å²) in [6, 6.07) is 15.8. The highest BCUT2D eigenvalue weighted by Crippen LogP contribution is 2.30. The molecular formula is C28H31N3O4S2. The molecule has 2 aromatic carbocycles. The molecular weight excluding hydrogens is 506 g/mol. The minimum atomic E-state index is -0.693. The van der Waals surface area contributed by atoms with Crippen LogP contribution in [0.5, 0.6) is 11.5 Å². The molecule has 1 saturated heterocycles. The van der Waals surface area contributed by atoms with Gasteiger partial charge in [-0.1, -0.05) is 0 Å². The van der Waals surface area contributed by atoms with E-state index in [4.69, 9.17) is 21.7 Å². The fraction of sp³-hybridized carbons (Fsp3) is 0.321. The van der Waals surface area contributed by atoms with Crippen LogP contribution in [-0.2, 0) is 16.0 Å². The van der Waals surface area contributed by atoms with Crippen LogP contribution in [0.1, 0.15) is 30.7 Å². The summed E-state index contributed by atoms with van der Waals surface area (Å²) in [5.41, 5.74) is 2.52. The molecule has 2 amide bonds. The second kappa shape index (κ2) is 12.2. The second-order valence-electron chi connectivity index (χ2n) is 8.58. The molecule has 0 saturated carbocycles. The lowest BCUT2D eigenvalue weighted by molar-refractivity contribution is -0.124. The van der Waals surface area contributed by atoms with Gasteiger partial charge in [-0.25, -0.2) is 0 Å². The number of amides is 2. The SMILES string of the molecule is CCOc1ccc(NC(=O)C[C@@H]2C(=O)N(c3ccc(OCC)cc3)C(=S)N2CCc2sccc2C)cc1. The first-order valence-corrected chi connectivity index (χ1v) is 13.6. The molecule has 194 valence electrons. The van der Waals surface area contributed by atoms with Gasteiger partial charge in [0, 0.05) is 17.1 Å². The van der Waals surface area contributed by atoms with Gasteiger partial charge in [0.05, 0.1) is 25.3 Å². The number of hydrogen-bond acceptors (Lipinski definition) is 6. The van der Waals surface area contributed by atoms with Crippen LogP contribution in [0.25, 0.3) is 0 Å². The Hall–Kier alpha value is -3.43. The van der Waals surface area contributed by atoms with Crippen molar-refractivity contribution in [2.24, 2.45) is 0 Å². The molecule has 1 N–H and O–H groups in total. The van der Waals surface area contributed by atoms with Gasteiger partial charge in [-0.3, -0.25) is 14.5 Å². The molecule has 0 unspecified atom stereocenters. The van der Waals surface area contributed by atoms with Gasteiger partial charge in [0.15, 0.2) is 5.11 Å². The van der Waals surface area contributed by atoms with Crippen molar-refractivity contribution < 1.29 is 19.1 Å². The van der Waals surface area contributed by atoms with E-state index in [0.29, 0.717) is 36.2 Å². The van der Waals surface area contributed by atoms with Crippen LogP contribution in [0.4, 0.5) is 11.4 Å². The maximum atomic E-state index is 13.6. The Morgan fingerprint density at radius 1 is 1.00 bits per heavy atom. The van der Waals surface area contributed by atoms with Gasteiger partial charge in [-0.15, -0.1) is 11.3 Å². The Morgan fingerprint density at radius 2 is 1.62 bits per heavy atom. The number of ether oxygens (including phenoxy) is 2. The number of carbonyl (C=O) groups excluding carboxylic acids is 2. The molecule has 4 rings (SSSR count). The van der Waals surface area contributed by atoms with E-state index in [0.717, 1.165) is 17.9 Å². The van der Waals surface area contributed by atoms with Gasteiger partial charge in [-0.05, 0) is 105 Å². The van der Waals surface area contributed by atoms with Gasteiger partial charge in [-0.2, -0.15) is 0 Å². The van der Waals surface area contributed by atoms with E-state index < -0.39 is 6.04 Å². The number of benzene rings is 2. The third kappa shape index (κ3) is 6.29. The van der Waals surface area contributed by atoms with Crippen molar-refractivity contribution in [3.63, 3.8) is 0 Å². The first-order chi connectivity index (χ1) is 17.9. The zero-order chi connectivity index (χ0) is 26.4. The smallest absolute Gasteiger partial charge is 0.256 e. The number of rotatable bonds is 11. The zero-order valence-electron chi connectivity index (χ0n) is 21.2. The molecule has 0 bridgehead atoms. The average Bonchev–Trinajstić information content (AvgIpc) is 3.39. The number of aryl methyl sites for hydroxylation is 1. The van der Waals surface area contributed by atoms with Crippen LogP contribution < -0.4 is 19.7 Å². The summed E-state index contributed by atoms with van der Waals surface area (Å²) in [7, 11) is 0. The Labute approximate surface area is 227 Å². The van der Waals surface area contributed by atoms with E-state index in [1.54, 1.807) is 35.6 Å². The molecule has 0 radical (unpaired) electrons. The number of anilines is 2. The van der Waals surface area contributed by atoms with Crippen LogP contribution in [-0.4, -0.2) is 47.6 Å². The van der Waals surface area contributed by atoms with Crippen LogP contribution in [0.2, 0.25) is 0 Å². The highest BCUT2D eigenvalue weighted by atomic mass is 32.1. The van der Waals surface area contributed by atoms with Gasteiger partial charge in [0.1, 0.15) is 17.5 Å². The molecule has 3 aromatic rings. The van der Waals surface area contributed by atoms with E-state index >= 15 is 0 Å². The number of nitrogens with zero attached hydrogens (tertiary/aromatic N) is 2. The third-order valence-corrected chi connectivity index (χ3v) is 7.60. The summed E-state index contributed by atoms with van der Waals surface area (Å²) in [4.78, 5) is 31.3. The Morgan fingerprint density at radius 3 is 2.19 bits per heavy atom. The van der Waals surface area contributed by atoms with Crippen LogP contribution in [0, 0.1) is 6.92 Å². The van der Waals surface area contributed by atoms with Crippen LogP contribution in [0.3, 0.4) is 0 Å². The largest absolute Gasteiger partial charge is 0.494 e. The van der Waals surface area contributed by atoms with Gasteiger partial charge in [0.25, 0.3) is 5.91 Å². The quantitative estimate of drug-likeness (QED) is 0.329. The molecule has 2 heterocycles. The van der Waals surface area contributed by atoms with Crippen LogP contribution in [0.15, 0.2) is 60.0 Å². The van der Waals surface area contributed by atoms with Gasteiger partial charge >= 0.3 is 0 Å².